The van der Waals surface area contributed by atoms with Crippen molar-refractivity contribution in [1.29, 1.82) is 0 Å². The van der Waals surface area contributed by atoms with Gasteiger partial charge in [0.25, 0.3) is 0 Å². The summed E-state index contributed by atoms with van der Waals surface area (Å²) in [7, 11) is 2.73. The number of hydrogen-bond donors (Lipinski definition) is 0. The van der Waals surface area contributed by atoms with Crippen molar-refractivity contribution in [3.8, 4) is 0 Å². The Hall–Kier alpha value is -1.06. The molecule has 0 aliphatic rings. The van der Waals surface area contributed by atoms with Crippen molar-refractivity contribution < 1.29 is 19.1 Å². The predicted octanol–water partition coefficient (Wildman–Crippen LogP) is 4.07. The molecule has 0 rings (SSSR count). The molecule has 0 saturated heterocycles. The van der Waals surface area contributed by atoms with Crippen LogP contribution in [0.2, 0.25) is 0 Å². The molecule has 0 atom stereocenters. The zero-order valence-electron chi connectivity index (χ0n) is 10.0. The van der Waals surface area contributed by atoms with Crippen LogP contribution in [0.15, 0.2) is 0 Å². The number of ether oxygens (including phenoxy) is 2. The van der Waals surface area contributed by atoms with Gasteiger partial charge in [0, 0.05) is 13.3 Å². The van der Waals surface area contributed by atoms with Crippen molar-refractivity contribution in [3.63, 3.8) is 0 Å². The van der Waals surface area contributed by atoms with E-state index in [4.69, 9.17) is 0 Å². The highest BCUT2D eigenvalue weighted by molar-refractivity contribution is 5.68. The maximum atomic E-state index is 9.96. The summed E-state index contributed by atoms with van der Waals surface area (Å²) >= 11 is 0. The summed E-state index contributed by atoms with van der Waals surface area (Å²) in [6.45, 7) is 7.37. The molecule has 0 aromatic rings. The lowest BCUT2D eigenvalue weighted by atomic mass is 10.5. The summed E-state index contributed by atoms with van der Waals surface area (Å²) in [5, 5.41) is 0. The minimum absolute atomic E-state index is 0. The molecule has 0 saturated carbocycles. The van der Waals surface area contributed by atoms with E-state index in [1.807, 2.05) is 0 Å². The van der Waals surface area contributed by atoms with E-state index in [9.17, 15) is 9.59 Å². The minimum atomic E-state index is -0.245. The zero-order valence-corrected chi connectivity index (χ0v) is 10.0. The first-order valence-corrected chi connectivity index (χ1v) is 4.61. The zero-order chi connectivity index (χ0) is 12.0. The fraction of sp³-hybridized carbons (Fsp3) is 0.846. The van der Waals surface area contributed by atoms with Gasteiger partial charge in [-0.25, -0.2) is 0 Å². The average molecular weight is 254 g/mol. The summed E-state index contributed by atoms with van der Waals surface area (Å²) in [5.41, 5.74) is 0. The van der Waals surface area contributed by atoms with Gasteiger partial charge in [-0.3, -0.25) is 9.59 Å². The molecule has 0 N–H and O–H groups in total. The molecule has 0 fully saturated rings. The number of methoxy groups -OCH3 is 2. The molecule has 17 heavy (non-hydrogen) atoms. The molecule has 0 aliphatic carbocycles. The van der Waals surface area contributed by atoms with Crippen LogP contribution < -0.4 is 0 Å². The van der Waals surface area contributed by atoms with Crippen molar-refractivity contribution >= 4 is 11.9 Å². The van der Waals surface area contributed by atoms with Gasteiger partial charge in [0.05, 0.1) is 14.2 Å². The molecule has 0 amide bonds. The fourth-order valence-electron chi connectivity index (χ4n) is 0.144. The lowest BCUT2D eigenvalue weighted by Gasteiger charge is -1.87. The molecule has 0 unspecified atom stereocenters. The van der Waals surface area contributed by atoms with Gasteiger partial charge in [-0.15, -0.1) is 0 Å². The topological polar surface area (TPSA) is 52.6 Å². The van der Waals surface area contributed by atoms with Crippen LogP contribution in [0, 0.1) is 0 Å². The van der Waals surface area contributed by atoms with Gasteiger partial charge in [-0.05, 0) is 0 Å². The third kappa shape index (κ3) is 103. The van der Waals surface area contributed by atoms with Crippen molar-refractivity contribution in [2.24, 2.45) is 0 Å². The lowest BCUT2D eigenvalue weighted by Crippen LogP contribution is -1.94. The number of esters is 2. The SMILES string of the molecule is C.C.C.CCC.CCC(=O)OC.COC(C)=O. The second kappa shape index (κ2) is 36.3. The first kappa shape index (κ1) is 36.0. The maximum absolute atomic E-state index is 9.96. The van der Waals surface area contributed by atoms with Crippen LogP contribution in [-0.2, 0) is 19.1 Å². The van der Waals surface area contributed by atoms with Gasteiger partial charge in [-0.2, -0.15) is 0 Å². The van der Waals surface area contributed by atoms with E-state index in [2.05, 4.69) is 23.3 Å². The molecule has 0 spiro atoms. The minimum Gasteiger partial charge on any atom is -0.469 e. The first-order valence-electron chi connectivity index (χ1n) is 4.61. The number of carbonyl (C=O) groups excluding carboxylic acids is 2. The van der Waals surface area contributed by atoms with E-state index in [1.54, 1.807) is 6.92 Å². The fourth-order valence-corrected chi connectivity index (χ4v) is 0.144. The Morgan fingerprint density at radius 1 is 0.882 bits per heavy atom. The molecule has 0 aliphatic heterocycles. The smallest absolute Gasteiger partial charge is 0.305 e. The number of carbonyl (C=O) groups is 2. The quantitative estimate of drug-likeness (QED) is 0.662. The van der Waals surface area contributed by atoms with E-state index >= 15 is 0 Å². The van der Waals surface area contributed by atoms with Gasteiger partial charge < -0.3 is 9.47 Å². The highest BCUT2D eigenvalue weighted by atomic mass is 16.5. The third-order valence-electron chi connectivity index (χ3n) is 0.804. The van der Waals surface area contributed by atoms with Gasteiger partial charge in [0.1, 0.15) is 0 Å². The summed E-state index contributed by atoms with van der Waals surface area (Å²) in [5.74, 6) is -0.403. The molecule has 110 valence electrons. The normalized spacial score (nSPS) is 5.76. The van der Waals surface area contributed by atoms with Crippen LogP contribution >= 0.6 is 0 Å². The van der Waals surface area contributed by atoms with E-state index in [0.717, 1.165) is 0 Å². The van der Waals surface area contributed by atoms with Crippen molar-refractivity contribution in [3.05, 3.63) is 0 Å². The number of hydrogen-bond acceptors (Lipinski definition) is 4. The first-order chi connectivity index (χ1) is 6.49. The van der Waals surface area contributed by atoms with Gasteiger partial charge in [0.2, 0.25) is 0 Å². The number of rotatable bonds is 1. The van der Waals surface area contributed by atoms with Crippen LogP contribution in [0.1, 0.15) is 62.8 Å². The van der Waals surface area contributed by atoms with Crippen LogP contribution in [0.25, 0.3) is 0 Å². The van der Waals surface area contributed by atoms with Gasteiger partial charge >= 0.3 is 11.9 Å². The predicted molar refractivity (Wildman–Crippen MR) is 76.2 cm³/mol. The highest BCUT2D eigenvalue weighted by Gasteiger charge is 1.87. The summed E-state index contributed by atoms with van der Waals surface area (Å²) in [4.78, 5) is 19.5. The second-order valence-corrected chi connectivity index (χ2v) is 2.33. The Morgan fingerprint density at radius 2 is 1.12 bits per heavy atom. The van der Waals surface area contributed by atoms with Gasteiger partial charge in [0.15, 0.2) is 0 Å². The third-order valence-corrected chi connectivity index (χ3v) is 0.804. The monoisotopic (exact) mass is 254 g/mol. The van der Waals surface area contributed by atoms with Crippen LogP contribution in [0.4, 0.5) is 0 Å². The molecule has 0 heterocycles. The Balaban J connectivity index is -0.0000000256. The Bertz CT molecular complexity index is 127. The van der Waals surface area contributed by atoms with Crippen molar-refractivity contribution in [2.75, 3.05) is 14.2 Å². The Labute approximate surface area is 109 Å². The Kier molecular flexibility index (Phi) is 76.9. The lowest BCUT2D eigenvalue weighted by molar-refractivity contribution is -0.140. The van der Waals surface area contributed by atoms with E-state index in [-0.39, 0.29) is 34.2 Å². The molecule has 4 heteroatoms. The Morgan fingerprint density at radius 3 is 1.12 bits per heavy atom. The van der Waals surface area contributed by atoms with Crippen molar-refractivity contribution in [1.82, 2.24) is 0 Å². The summed E-state index contributed by atoms with van der Waals surface area (Å²) in [6.07, 6.45) is 1.72. The highest BCUT2D eigenvalue weighted by Crippen LogP contribution is 1.76. The molecule has 0 bridgehead atoms. The van der Waals surface area contributed by atoms with E-state index in [1.165, 1.54) is 27.6 Å². The maximum Gasteiger partial charge on any atom is 0.305 e. The molecular formula is C13H34O4. The largest absolute Gasteiger partial charge is 0.469 e. The van der Waals surface area contributed by atoms with E-state index in [0.29, 0.717) is 6.42 Å². The summed E-state index contributed by atoms with van der Waals surface area (Å²) < 4.78 is 8.37. The van der Waals surface area contributed by atoms with Crippen LogP contribution in [-0.4, -0.2) is 26.2 Å². The second-order valence-electron chi connectivity index (χ2n) is 2.33. The average Bonchev–Trinajstić information content (AvgIpc) is 2.18. The molecule has 0 aromatic carbocycles. The standard InChI is InChI=1S/C4H8O2.C3H6O2.C3H8.3CH4/c1-3-4(5)6-2;1-3(4)5-2;1-3-2;;;/h3H2,1-2H3;1-2H3;3H2,1-2H3;3*1H4. The van der Waals surface area contributed by atoms with E-state index < -0.39 is 0 Å². The molecular weight excluding hydrogens is 220 g/mol. The van der Waals surface area contributed by atoms with Crippen molar-refractivity contribution in [2.45, 2.75) is 62.8 Å². The summed E-state index contributed by atoms with van der Waals surface area (Å²) in [6, 6.07) is 0. The molecule has 0 radical (unpaired) electrons. The molecule has 0 aromatic heterocycles. The van der Waals surface area contributed by atoms with Crippen LogP contribution in [0.3, 0.4) is 0 Å². The van der Waals surface area contributed by atoms with Gasteiger partial charge in [-0.1, -0.05) is 49.5 Å². The van der Waals surface area contributed by atoms with Crippen LogP contribution in [0.5, 0.6) is 0 Å². The molecule has 4 nitrogen and oxygen atoms in total.